The van der Waals surface area contributed by atoms with Crippen LogP contribution >= 0.6 is 12.2 Å². The topological polar surface area (TPSA) is 100 Å². The Bertz CT molecular complexity index is 1290. The molecule has 0 saturated heterocycles. The lowest BCUT2D eigenvalue weighted by Gasteiger charge is -2.36. The molecular formula is C24H16N2O5S. The molecule has 0 aromatic heterocycles. The number of phenolic OH excluding ortho intramolecular Hbond substituents is 2. The molecule has 5 rings (SSSR count). The molecular weight excluding hydrogens is 428 g/mol. The molecule has 0 amide bonds. The van der Waals surface area contributed by atoms with Crippen molar-refractivity contribution in [3.63, 3.8) is 0 Å². The van der Waals surface area contributed by atoms with E-state index >= 15 is 0 Å². The highest BCUT2D eigenvalue weighted by molar-refractivity contribution is 7.80. The molecule has 2 aliphatic heterocycles. The van der Waals surface area contributed by atoms with E-state index in [0.29, 0.717) is 44.6 Å². The number of anilines is 1. The first-order valence-corrected chi connectivity index (χ1v) is 10.0. The van der Waals surface area contributed by atoms with Crippen LogP contribution < -0.4 is 15.4 Å². The highest BCUT2D eigenvalue weighted by Gasteiger charge is 2.53. The summed E-state index contributed by atoms with van der Waals surface area (Å²) in [6, 6.07) is 14.4. The van der Waals surface area contributed by atoms with E-state index in [1.165, 1.54) is 24.3 Å². The van der Waals surface area contributed by atoms with Gasteiger partial charge in [0.2, 0.25) is 0 Å². The summed E-state index contributed by atoms with van der Waals surface area (Å²) in [4.78, 5) is 13.0. The van der Waals surface area contributed by atoms with Crippen molar-refractivity contribution in [2.24, 2.45) is 0 Å². The van der Waals surface area contributed by atoms with Crippen LogP contribution in [0.25, 0.3) is 0 Å². The number of terminal acetylenes is 1. The number of rotatable bonds is 2. The Balaban J connectivity index is 1.67. The maximum atomic E-state index is 13.0. The van der Waals surface area contributed by atoms with E-state index in [1.54, 1.807) is 30.3 Å². The van der Waals surface area contributed by atoms with Gasteiger partial charge in [-0.2, -0.15) is 0 Å². The molecule has 0 bridgehead atoms. The van der Waals surface area contributed by atoms with Crippen molar-refractivity contribution in [1.82, 2.24) is 5.32 Å². The molecule has 3 aromatic rings. The maximum Gasteiger partial charge on any atom is 0.340 e. The van der Waals surface area contributed by atoms with Crippen LogP contribution in [0.4, 0.5) is 5.69 Å². The minimum Gasteiger partial charge on any atom is -0.508 e. The zero-order valence-electron chi connectivity index (χ0n) is 16.5. The molecule has 2 heterocycles. The number of carbonyl (C=O) groups is 1. The smallest absolute Gasteiger partial charge is 0.340 e. The standard InChI is InChI=1S/C24H16N2O5S/c1-2-9-25-23(32)26-13-3-6-17-16(10-13)22(29)31-24(17)18-7-4-14(27)11-20(18)30-21-12-15(28)5-8-19(21)24/h1,3-8,10-12,27-28H,9H2,(H2,25,26,32). The Morgan fingerprint density at radius 3 is 2.25 bits per heavy atom. The Morgan fingerprint density at radius 1 is 1.00 bits per heavy atom. The molecule has 7 nitrogen and oxygen atoms in total. The molecule has 1 spiro atoms. The van der Waals surface area contributed by atoms with Crippen molar-refractivity contribution in [3.8, 4) is 35.3 Å². The van der Waals surface area contributed by atoms with Gasteiger partial charge < -0.3 is 30.3 Å². The first-order chi connectivity index (χ1) is 15.4. The molecule has 4 N–H and O–H groups in total. The predicted octanol–water partition coefficient (Wildman–Crippen LogP) is 3.59. The highest BCUT2D eigenvalue weighted by atomic mass is 32.1. The van der Waals surface area contributed by atoms with Gasteiger partial charge in [-0.15, -0.1) is 6.42 Å². The maximum absolute atomic E-state index is 13.0. The second-order valence-electron chi connectivity index (χ2n) is 7.31. The van der Waals surface area contributed by atoms with Crippen LogP contribution in [0, 0.1) is 12.3 Å². The normalized spacial score (nSPS) is 14.3. The number of carbonyl (C=O) groups excluding carboxylic acids is 1. The number of nitrogens with one attached hydrogen (secondary N) is 2. The van der Waals surface area contributed by atoms with Gasteiger partial charge in [0.05, 0.1) is 12.1 Å². The molecule has 2 aliphatic rings. The van der Waals surface area contributed by atoms with Crippen molar-refractivity contribution in [2.75, 3.05) is 11.9 Å². The number of phenols is 2. The van der Waals surface area contributed by atoms with Crippen molar-refractivity contribution >= 4 is 29.0 Å². The zero-order chi connectivity index (χ0) is 22.5. The largest absolute Gasteiger partial charge is 0.508 e. The predicted molar refractivity (Wildman–Crippen MR) is 121 cm³/mol. The van der Waals surface area contributed by atoms with Gasteiger partial charge in [-0.05, 0) is 48.6 Å². The number of ether oxygens (including phenoxy) is 2. The van der Waals surface area contributed by atoms with Crippen molar-refractivity contribution in [1.29, 1.82) is 0 Å². The second-order valence-corrected chi connectivity index (χ2v) is 7.71. The lowest BCUT2D eigenvalue weighted by Crippen LogP contribution is -2.33. The molecule has 0 unspecified atom stereocenters. The molecule has 8 heteroatoms. The van der Waals surface area contributed by atoms with Crippen LogP contribution in [-0.4, -0.2) is 27.8 Å². The summed E-state index contributed by atoms with van der Waals surface area (Å²) in [6.07, 6.45) is 5.24. The van der Waals surface area contributed by atoms with Gasteiger partial charge >= 0.3 is 5.97 Å². The molecule has 32 heavy (non-hydrogen) atoms. The van der Waals surface area contributed by atoms with Gasteiger partial charge in [0.1, 0.15) is 23.0 Å². The minimum absolute atomic E-state index is 0.000389. The SMILES string of the molecule is C#CCNC(=S)Nc1ccc2c(c1)C(=O)OC21c2ccc(O)cc2Oc2cc(O)ccc21. The Morgan fingerprint density at radius 2 is 1.62 bits per heavy atom. The number of hydrogen-bond donors (Lipinski definition) is 4. The van der Waals surface area contributed by atoms with Gasteiger partial charge in [0, 0.05) is 34.5 Å². The zero-order valence-corrected chi connectivity index (χ0v) is 17.3. The van der Waals surface area contributed by atoms with Crippen LogP contribution in [0.15, 0.2) is 54.6 Å². The summed E-state index contributed by atoms with van der Waals surface area (Å²) in [5.41, 5.74) is 1.39. The summed E-state index contributed by atoms with van der Waals surface area (Å²) in [7, 11) is 0. The average Bonchev–Trinajstić information content (AvgIpc) is 3.04. The molecule has 0 fully saturated rings. The monoisotopic (exact) mass is 444 g/mol. The molecule has 0 saturated carbocycles. The first kappa shape index (κ1) is 19.7. The lowest BCUT2D eigenvalue weighted by molar-refractivity contribution is 0.0224. The number of benzene rings is 3. The third kappa shape index (κ3) is 2.91. The molecule has 158 valence electrons. The summed E-state index contributed by atoms with van der Waals surface area (Å²) >= 11 is 5.21. The summed E-state index contributed by atoms with van der Waals surface area (Å²) < 4.78 is 12.0. The van der Waals surface area contributed by atoms with Gasteiger partial charge in [-0.25, -0.2) is 4.79 Å². The minimum atomic E-state index is -1.29. The van der Waals surface area contributed by atoms with Crippen molar-refractivity contribution < 1.29 is 24.5 Å². The third-order valence-electron chi connectivity index (χ3n) is 5.38. The van der Waals surface area contributed by atoms with E-state index < -0.39 is 11.6 Å². The number of aromatic hydroxyl groups is 2. The van der Waals surface area contributed by atoms with E-state index in [4.69, 9.17) is 28.1 Å². The number of esters is 1. The fourth-order valence-electron chi connectivity index (χ4n) is 4.09. The lowest BCUT2D eigenvalue weighted by atomic mass is 9.77. The molecule has 3 aromatic carbocycles. The molecule has 0 atom stereocenters. The van der Waals surface area contributed by atoms with Crippen molar-refractivity contribution in [3.05, 3.63) is 76.9 Å². The van der Waals surface area contributed by atoms with Crippen LogP contribution in [0.5, 0.6) is 23.0 Å². The van der Waals surface area contributed by atoms with Crippen molar-refractivity contribution in [2.45, 2.75) is 5.60 Å². The van der Waals surface area contributed by atoms with Crippen LogP contribution in [-0.2, 0) is 10.3 Å². The fourth-order valence-corrected chi connectivity index (χ4v) is 4.28. The highest BCUT2D eigenvalue weighted by Crippen LogP contribution is 2.57. The number of thiocarbonyl (C=S) groups is 1. The number of fused-ring (bicyclic) bond motifs is 6. The van der Waals surface area contributed by atoms with Gasteiger partial charge in [0.25, 0.3) is 0 Å². The summed E-state index contributed by atoms with van der Waals surface area (Å²) in [5.74, 6) is 2.56. The van der Waals surface area contributed by atoms with E-state index in [1.807, 2.05) is 0 Å². The number of hydrogen-bond acceptors (Lipinski definition) is 6. The van der Waals surface area contributed by atoms with Crippen LogP contribution in [0.2, 0.25) is 0 Å². The summed E-state index contributed by atoms with van der Waals surface area (Å²) in [6.45, 7) is 0.273. The Kier molecular flexibility index (Phi) is 4.43. The van der Waals surface area contributed by atoms with E-state index in [2.05, 4.69) is 16.6 Å². The quantitative estimate of drug-likeness (QED) is 0.270. The van der Waals surface area contributed by atoms with Crippen LogP contribution in [0.3, 0.4) is 0 Å². The fraction of sp³-hybridized carbons (Fsp3) is 0.0833. The van der Waals surface area contributed by atoms with Crippen LogP contribution in [0.1, 0.15) is 27.0 Å². The molecule has 0 radical (unpaired) electrons. The second kappa shape index (κ2) is 7.18. The molecule has 0 aliphatic carbocycles. The first-order valence-electron chi connectivity index (χ1n) is 9.63. The third-order valence-corrected chi connectivity index (χ3v) is 5.63. The average molecular weight is 444 g/mol. The Hall–Kier alpha value is -4.22. The van der Waals surface area contributed by atoms with Gasteiger partial charge in [-0.3, -0.25) is 0 Å². The van der Waals surface area contributed by atoms with E-state index in [9.17, 15) is 15.0 Å². The van der Waals surface area contributed by atoms with E-state index in [-0.39, 0.29) is 18.0 Å². The summed E-state index contributed by atoms with van der Waals surface area (Å²) in [5, 5.41) is 26.1. The van der Waals surface area contributed by atoms with Gasteiger partial charge in [-0.1, -0.05) is 12.0 Å². The van der Waals surface area contributed by atoms with E-state index in [0.717, 1.165) is 0 Å². The Labute approximate surface area is 188 Å². The van der Waals surface area contributed by atoms with Gasteiger partial charge in [0.15, 0.2) is 10.7 Å².